The minimum Gasteiger partial charge on any atom is -0.396 e. The molecule has 0 amide bonds. The van der Waals surface area contributed by atoms with Crippen LogP contribution in [0.4, 0.5) is 0 Å². The van der Waals surface area contributed by atoms with Crippen molar-refractivity contribution in [2.75, 3.05) is 13.2 Å². The van der Waals surface area contributed by atoms with Crippen molar-refractivity contribution in [2.24, 2.45) is 20.5 Å². The molecule has 14 atom stereocenters. The van der Waals surface area contributed by atoms with Crippen LogP contribution in [0, 0.1) is 0 Å². The lowest BCUT2D eigenvalue weighted by Crippen LogP contribution is -2.60. The number of hydrogen-bond donors (Lipinski definition) is 6. The van der Waals surface area contributed by atoms with E-state index in [4.69, 9.17) is 41.1 Å². The fraction of sp³-hybridized carbons (Fsp3) is 1.00. The second kappa shape index (κ2) is 14.5. The van der Waals surface area contributed by atoms with Gasteiger partial charge in [-0.3, -0.25) is 0 Å². The van der Waals surface area contributed by atoms with Gasteiger partial charge in [-0.05, 0) is 35.0 Å². The van der Waals surface area contributed by atoms with E-state index in [2.05, 4.69) is 40.1 Å². The molecule has 0 aromatic rings. The van der Waals surface area contributed by atoms with Gasteiger partial charge in [0, 0.05) is 26.3 Å². The van der Waals surface area contributed by atoms with Crippen LogP contribution in [-0.2, 0) is 18.9 Å². The lowest BCUT2D eigenvalue weighted by molar-refractivity contribution is -0.280. The van der Waals surface area contributed by atoms with E-state index in [1.165, 1.54) is 0 Å². The fourth-order valence-electron chi connectivity index (χ4n) is 4.82. The Kier molecular flexibility index (Phi) is 11.3. The zero-order valence-electron chi connectivity index (χ0n) is 20.6. The first-order chi connectivity index (χ1) is 19.2. The van der Waals surface area contributed by atoms with Crippen molar-refractivity contribution in [1.82, 2.24) is 0 Å². The van der Waals surface area contributed by atoms with E-state index < -0.39 is 98.8 Å². The van der Waals surface area contributed by atoms with E-state index in [1.807, 2.05) is 0 Å². The van der Waals surface area contributed by atoms with Crippen LogP contribution < -0.4 is 0 Å². The Hall–Kier alpha value is -3.16. The van der Waals surface area contributed by atoms with Crippen LogP contribution in [-0.4, -0.2) is 129 Å². The smallest absolute Gasteiger partial charge is 0.187 e. The lowest BCUT2D eigenvalue weighted by Gasteiger charge is -2.42. The molecule has 2 saturated heterocycles. The highest BCUT2D eigenvalue weighted by Crippen LogP contribution is 2.35. The Morgan fingerprint density at radius 3 is 1.80 bits per heavy atom. The number of azide groups is 4. The van der Waals surface area contributed by atoms with E-state index in [0.717, 1.165) is 0 Å². The second-order valence-electron chi connectivity index (χ2n) is 9.14. The third-order valence-corrected chi connectivity index (χ3v) is 6.81. The van der Waals surface area contributed by atoms with Gasteiger partial charge < -0.3 is 49.6 Å². The minimum absolute atomic E-state index is 0.133. The largest absolute Gasteiger partial charge is 0.396 e. The van der Waals surface area contributed by atoms with Gasteiger partial charge in [0.15, 0.2) is 12.6 Å². The summed E-state index contributed by atoms with van der Waals surface area (Å²) in [7, 11) is 0. The van der Waals surface area contributed by atoms with Gasteiger partial charge in [-0.1, -0.05) is 20.5 Å². The normalized spacial score (nSPS) is 43.0. The molecule has 22 heteroatoms. The predicted octanol–water partition coefficient (Wildman–Crippen LogP) is -0.856. The molecule has 22 nitrogen and oxygen atoms in total. The molecule has 2 aliphatic heterocycles. The Morgan fingerprint density at radius 1 is 0.675 bits per heavy atom. The molecule has 0 aromatic heterocycles. The molecule has 0 spiro atoms. The van der Waals surface area contributed by atoms with E-state index in [-0.39, 0.29) is 12.8 Å². The third kappa shape index (κ3) is 6.76. The van der Waals surface area contributed by atoms with Crippen molar-refractivity contribution in [3.8, 4) is 0 Å². The SMILES string of the molecule is [N-]=[N+]=NC[C@@H]1O[C@H](O[C@H]2[C@@H](O)[C@H](OC3[C@H](O)C(N=[N+]=[N-])CC(N=[N+]=[N-])[C@@H]3O)O[C@@H]2CCO)C(N=[N+]=[N-])[C@@H](O)[C@@H]1O. The molecule has 3 rings (SSSR count). The lowest BCUT2D eigenvalue weighted by atomic mass is 9.84. The summed E-state index contributed by atoms with van der Waals surface area (Å²) in [5, 5.41) is 76.2. The Morgan fingerprint density at radius 2 is 1.25 bits per heavy atom. The van der Waals surface area contributed by atoms with Crippen LogP contribution in [0.5, 0.6) is 0 Å². The predicted molar refractivity (Wildman–Crippen MR) is 126 cm³/mol. The number of ether oxygens (including phenoxy) is 4. The number of rotatable bonds is 11. The van der Waals surface area contributed by atoms with E-state index in [9.17, 15) is 30.6 Å². The summed E-state index contributed by atoms with van der Waals surface area (Å²) in [5.74, 6) is 0. The van der Waals surface area contributed by atoms with Gasteiger partial charge in [-0.2, -0.15) is 0 Å². The van der Waals surface area contributed by atoms with E-state index in [0.29, 0.717) is 0 Å². The zero-order valence-corrected chi connectivity index (χ0v) is 20.6. The third-order valence-electron chi connectivity index (χ3n) is 6.81. The maximum Gasteiger partial charge on any atom is 0.187 e. The highest BCUT2D eigenvalue weighted by molar-refractivity contribution is 5.02. The monoisotopic (exact) mass is 572 g/mol. The maximum absolute atomic E-state index is 11.0. The van der Waals surface area contributed by atoms with Gasteiger partial charge in [-0.15, -0.1) is 0 Å². The summed E-state index contributed by atoms with van der Waals surface area (Å²) >= 11 is 0. The minimum atomic E-state index is -1.72. The van der Waals surface area contributed by atoms with Crippen LogP contribution in [0.2, 0.25) is 0 Å². The molecule has 1 saturated carbocycles. The van der Waals surface area contributed by atoms with Crippen LogP contribution >= 0.6 is 0 Å². The molecule has 2 heterocycles. The molecule has 0 radical (unpaired) electrons. The second-order valence-corrected chi connectivity index (χ2v) is 9.14. The summed E-state index contributed by atoms with van der Waals surface area (Å²) in [6.07, 6.45) is -17.2. The van der Waals surface area contributed by atoms with Gasteiger partial charge in [0.05, 0.1) is 49.1 Å². The summed E-state index contributed by atoms with van der Waals surface area (Å²) in [6, 6.07) is -3.84. The Balaban J connectivity index is 1.84. The Labute approximate surface area is 224 Å². The molecule has 40 heavy (non-hydrogen) atoms. The van der Waals surface area contributed by atoms with E-state index in [1.54, 1.807) is 0 Å². The first-order valence-electron chi connectivity index (χ1n) is 12.0. The van der Waals surface area contributed by atoms with Crippen molar-refractivity contribution >= 4 is 0 Å². The number of aliphatic hydroxyl groups is 6. The highest BCUT2D eigenvalue weighted by Gasteiger charge is 2.53. The van der Waals surface area contributed by atoms with Crippen molar-refractivity contribution in [1.29, 1.82) is 0 Å². The van der Waals surface area contributed by atoms with Crippen molar-refractivity contribution < 1.29 is 49.6 Å². The number of nitrogens with zero attached hydrogens (tertiary/aromatic N) is 12. The van der Waals surface area contributed by atoms with Gasteiger partial charge in [-0.25, -0.2) is 0 Å². The quantitative estimate of drug-likeness (QED) is 0.101. The first-order valence-corrected chi connectivity index (χ1v) is 12.0. The van der Waals surface area contributed by atoms with Gasteiger partial charge in [0.2, 0.25) is 0 Å². The Bertz CT molecular complexity index is 1030. The average Bonchev–Trinajstić information content (AvgIpc) is 3.21. The van der Waals surface area contributed by atoms with Crippen LogP contribution in [0.1, 0.15) is 12.8 Å². The molecule has 0 aromatic carbocycles. The average molecular weight is 572 g/mol. The summed E-state index contributed by atoms with van der Waals surface area (Å²) in [5.41, 5.74) is 35.2. The van der Waals surface area contributed by atoms with Crippen molar-refractivity contribution in [3.63, 3.8) is 0 Å². The molecular weight excluding hydrogens is 544 g/mol. The fourth-order valence-corrected chi connectivity index (χ4v) is 4.82. The van der Waals surface area contributed by atoms with E-state index >= 15 is 0 Å². The van der Waals surface area contributed by atoms with Crippen molar-refractivity contribution in [3.05, 3.63) is 41.8 Å². The molecule has 3 fully saturated rings. The molecule has 0 bridgehead atoms. The highest BCUT2D eigenvalue weighted by atomic mass is 16.7. The summed E-state index contributed by atoms with van der Waals surface area (Å²) in [4.78, 5) is 10.4. The standard InChI is InChI=1S/C18H28N12O10/c19-27-23-4-8-12(34)13(35)9(26-30-22)17(38-8)39-15-7(1-2-31)37-18(14(15)36)40-16-10(32)5(24-28-20)3-6(11(16)33)25-29-21/h5-18,31-36H,1-4H2/t5?,6?,7-,8+,9?,10-,11+,12-,13-,14-,15-,16?,17-,18+/m1/s1. The molecule has 3 aliphatic rings. The zero-order chi connectivity index (χ0) is 29.4. The molecule has 1 aliphatic carbocycles. The van der Waals surface area contributed by atoms with Crippen LogP contribution in [0.25, 0.3) is 41.8 Å². The molecule has 4 unspecified atom stereocenters. The summed E-state index contributed by atoms with van der Waals surface area (Å²) in [6.45, 7) is -0.883. The summed E-state index contributed by atoms with van der Waals surface area (Å²) < 4.78 is 22.7. The number of aliphatic hydroxyl groups excluding tert-OH is 6. The maximum atomic E-state index is 11.0. The number of hydrogen-bond acceptors (Lipinski definition) is 14. The van der Waals surface area contributed by atoms with Gasteiger partial charge in [0.25, 0.3) is 0 Å². The topological polar surface area (TPSA) is 353 Å². The van der Waals surface area contributed by atoms with Gasteiger partial charge >= 0.3 is 0 Å². The van der Waals surface area contributed by atoms with Gasteiger partial charge in [0.1, 0.15) is 30.5 Å². The molecule has 6 N–H and O–H groups in total. The van der Waals surface area contributed by atoms with Crippen LogP contribution in [0.15, 0.2) is 20.5 Å². The van der Waals surface area contributed by atoms with Crippen LogP contribution in [0.3, 0.4) is 0 Å². The first kappa shape index (κ1) is 31.4. The molecular formula is C18H28N12O10. The molecule has 220 valence electrons. The van der Waals surface area contributed by atoms with Crippen molar-refractivity contribution in [2.45, 2.75) is 98.5 Å².